The average Bonchev–Trinajstić information content (AvgIpc) is 2.84. The van der Waals surface area contributed by atoms with Gasteiger partial charge in [0, 0.05) is 10.5 Å². The second kappa shape index (κ2) is 3.89. The molecule has 0 radical (unpaired) electrons. The van der Waals surface area contributed by atoms with E-state index < -0.39 is 0 Å². The molecule has 2 aromatic rings. The van der Waals surface area contributed by atoms with E-state index in [1.807, 2.05) is 0 Å². The Morgan fingerprint density at radius 2 is 2.47 bits per heavy atom. The molecule has 2 rings (SSSR count). The molecule has 0 saturated carbocycles. The van der Waals surface area contributed by atoms with E-state index in [0.29, 0.717) is 17.2 Å². The predicted octanol–water partition coefficient (Wildman–Crippen LogP) is 3.05. The standard InChI is InChI=1S/C9H8N4O2/c1-6-7(5-11-13-10)9(12-15-6)8-3-2-4-14-8/h2-4H,5H2,1H3. The topological polar surface area (TPSA) is 87.9 Å². The molecule has 0 saturated heterocycles. The fourth-order valence-electron chi connectivity index (χ4n) is 1.29. The Hall–Kier alpha value is -2.20. The van der Waals surface area contributed by atoms with Crippen LogP contribution in [-0.4, -0.2) is 5.16 Å². The zero-order valence-corrected chi connectivity index (χ0v) is 8.04. The summed E-state index contributed by atoms with van der Waals surface area (Å²) in [6, 6.07) is 3.54. The fourth-order valence-corrected chi connectivity index (χ4v) is 1.29. The van der Waals surface area contributed by atoms with E-state index >= 15 is 0 Å². The Morgan fingerprint density at radius 3 is 3.13 bits per heavy atom. The van der Waals surface area contributed by atoms with Crippen LogP contribution in [0.2, 0.25) is 0 Å². The number of rotatable bonds is 3. The van der Waals surface area contributed by atoms with Gasteiger partial charge in [0.1, 0.15) is 5.76 Å². The molecule has 0 aromatic carbocycles. The van der Waals surface area contributed by atoms with E-state index in [1.54, 1.807) is 25.3 Å². The van der Waals surface area contributed by atoms with Gasteiger partial charge in [0.25, 0.3) is 0 Å². The molecule has 0 bridgehead atoms. The summed E-state index contributed by atoms with van der Waals surface area (Å²) in [6.45, 7) is 1.98. The molecule has 0 aliphatic carbocycles. The largest absolute Gasteiger partial charge is 0.463 e. The molecule has 0 unspecified atom stereocenters. The third-order valence-electron chi connectivity index (χ3n) is 2.03. The molecule has 6 heteroatoms. The van der Waals surface area contributed by atoms with Crippen molar-refractivity contribution >= 4 is 0 Å². The quantitative estimate of drug-likeness (QED) is 0.437. The van der Waals surface area contributed by atoms with E-state index in [2.05, 4.69) is 15.2 Å². The highest BCUT2D eigenvalue weighted by Gasteiger charge is 2.15. The van der Waals surface area contributed by atoms with Gasteiger partial charge in [0.2, 0.25) is 0 Å². The van der Waals surface area contributed by atoms with Crippen molar-refractivity contribution in [3.8, 4) is 11.5 Å². The van der Waals surface area contributed by atoms with Crippen molar-refractivity contribution in [3.05, 3.63) is 40.2 Å². The number of hydrogen-bond donors (Lipinski definition) is 0. The van der Waals surface area contributed by atoms with E-state index in [4.69, 9.17) is 14.5 Å². The third kappa shape index (κ3) is 1.70. The van der Waals surface area contributed by atoms with Crippen molar-refractivity contribution in [2.45, 2.75) is 13.5 Å². The lowest BCUT2D eigenvalue weighted by Crippen LogP contribution is -1.84. The molecule has 2 heterocycles. The van der Waals surface area contributed by atoms with E-state index in [9.17, 15) is 0 Å². The first-order valence-corrected chi connectivity index (χ1v) is 4.33. The first kappa shape index (κ1) is 9.36. The molecule has 0 aliphatic rings. The third-order valence-corrected chi connectivity index (χ3v) is 2.03. The minimum absolute atomic E-state index is 0.210. The van der Waals surface area contributed by atoms with E-state index in [-0.39, 0.29) is 6.54 Å². The summed E-state index contributed by atoms with van der Waals surface area (Å²) in [5, 5.41) is 7.34. The lowest BCUT2D eigenvalue weighted by Gasteiger charge is -1.93. The molecule has 0 spiro atoms. The van der Waals surface area contributed by atoms with Crippen LogP contribution >= 0.6 is 0 Å². The van der Waals surface area contributed by atoms with Crippen LogP contribution in [0.4, 0.5) is 0 Å². The summed E-state index contributed by atoms with van der Waals surface area (Å²) < 4.78 is 10.2. The van der Waals surface area contributed by atoms with Crippen molar-refractivity contribution in [1.29, 1.82) is 0 Å². The van der Waals surface area contributed by atoms with Gasteiger partial charge in [0.15, 0.2) is 11.5 Å². The van der Waals surface area contributed by atoms with Crippen molar-refractivity contribution in [3.63, 3.8) is 0 Å². The lowest BCUT2D eigenvalue weighted by atomic mass is 10.1. The number of azide groups is 1. The number of aryl methyl sites for hydroxylation is 1. The van der Waals surface area contributed by atoms with Gasteiger partial charge in [-0.2, -0.15) is 0 Å². The second-order valence-corrected chi connectivity index (χ2v) is 2.93. The number of nitrogens with zero attached hydrogens (tertiary/aromatic N) is 4. The summed E-state index contributed by atoms with van der Waals surface area (Å²) in [5.41, 5.74) is 9.60. The molecule has 15 heavy (non-hydrogen) atoms. The van der Waals surface area contributed by atoms with Crippen LogP contribution in [0.25, 0.3) is 21.9 Å². The zero-order valence-electron chi connectivity index (χ0n) is 8.04. The monoisotopic (exact) mass is 204 g/mol. The molecular weight excluding hydrogens is 196 g/mol. The number of furan rings is 1. The smallest absolute Gasteiger partial charge is 0.156 e. The Balaban J connectivity index is 2.44. The molecule has 2 aromatic heterocycles. The summed E-state index contributed by atoms with van der Waals surface area (Å²) in [5.74, 6) is 1.24. The van der Waals surface area contributed by atoms with Crippen LogP contribution in [0.1, 0.15) is 11.3 Å². The Kier molecular flexibility index (Phi) is 2.43. The molecule has 0 atom stereocenters. The van der Waals surface area contributed by atoms with Crippen LogP contribution in [0, 0.1) is 6.92 Å². The number of aromatic nitrogens is 1. The maximum atomic E-state index is 8.26. The summed E-state index contributed by atoms with van der Waals surface area (Å²) in [6.07, 6.45) is 1.55. The summed E-state index contributed by atoms with van der Waals surface area (Å²) in [4.78, 5) is 2.70. The molecule has 0 amide bonds. The maximum Gasteiger partial charge on any atom is 0.156 e. The van der Waals surface area contributed by atoms with Crippen LogP contribution in [0.3, 0.4) is 0 Å². The molecule has 0 fully saturated rings. The maximum absolute atomic E-state index is 8.26. The summed E-state index contributed by atoms with van der Waals surface area (Å²) >= 11 is 0. The van der Waals surface area contributed by atoms with Gasteiger partial charge in [0.05, 0.1) is 12.8 Å². The Morgan fingerprint density at radius 1 is 1.60 bits per heavy atom. The van der Waals surface area contributed by atoms with Crippen LogP contribution in [0.5, 0.6) is 0 Å². The first-order chi connectivity index (χ1) is 7.33. The van der Waals surface area contributed by atoms with Gasteiger partial charge in [-0.25, -0.2) is 0 Å². The lowest BCUT2D eigenvalue weighted by molar-refractivity contribution is 0.396. The fraction of sp³-hybridized carbons (Fsp3) is 0.222. The molecule has 0 aliphatic heterocycles. The van der Waals surface area contributed by atoms with Crippen molar-refractivity contribution in [1.82, 2.24) is 5.16 Å². The number of hydrogen-bond acceptors (Lipinski definition) is 4. The average molecular weight is 204 g/mol. The minimum atomic E-state index is 0.210. The second-order valence-electron chi connectivity index (χ2n) is 2.93. The SMILES string of the molecule is Cc1onc(-c2ccco2)c1CN=[N+]=[N-]. The normalized spacial score (nSPS) is 9.93. The van der Waals surface area contributed by atoms with Crippen molar-refractivity contribution in [2.75, 3.05) is 0 Å². The van der Waals surface area contributed by atoms with E-state index in [1.165, 1.54) is 0 Å². The van der Waals surface area contributed by atoms with Gasteiger partial charge >= 0.3 is 0 Å². The zero-order chi connectivity index (χ0) is 10.7. The molecule has 6 nitrogen and oxygen atoms in total. The van der Waals surface area contributed by atoms with Crippen molar-refractivity contribution < 1.29 is 8.94 Å². The van der Waals surface area contributed by atoms with Crippen LogP contribution in [-0.2, 0) is 6.54 Å². The molecule has 0 N–H and O–H groups in total. The predicted molar refractivity (Wildman–Crippen MR) is 51.8 cm³/mol. The van der Waals surface area contributed by atoms with Gasteiger partial charge in [-0.05, 0) is 24.6 Å². The van der Waals surface area contributed by atoms with Gasteiger partial charge in [-0.15, -0.1) is 0 Å². The Labute approximate surface area is 85.1 Å². The van der Waals surface area contributed by atoms with Gasteiger partial charge < -0.3 is 8.94 Å². The highest BCUT2D eigenvalue weighted by molar-refractivity contribution is 5.57. The van der Waals surface area contributed by atoms with Crippen LogP contribution in [0.15, 0.2) is 32.5 Å². The highest BCUT2D eigenvalue weighted by Crippen LogP contribution is 2.25. The van der Waals surface area contributed by atoms with Gasteiger partial charge in [-0.1, -0.05) is 10.3 Å². The van der Waals surface area contributed by atoms with Crippen LogP contribution < -0.4 is 0 Å². The highest BCUT2D eigenvalue weighted by atomic mass is 16.5. The Bertz CT molecular complexity index is 494. The molecule has 76 valence electrons. The minimum Gasteiger partial charge on any atom is -0.463 e. The van der Waals surface area contributed by atoms with Gasteiger partial charge in [-0.3, -0.25) is 0 Å². The summed E-state index contributed by atoms with van der Waals surface area (Å²) in [7, 11) is 0. The molecular formula is C9H8N4O2. The van der Waals surface area contributed by atoms with Crippen molar-refractivity contribution in [2.24, 2.45) is 5.11 Å². The van der Waals surface area contributed by atoms with E-state index in [0.717, 1.165) is 5.56 Å². The first-order valence-electron chi connectivity index (χ1n) is 4.33.